The second-order valence-corrected chi connectivity index (χ2v) is 8.18. The van der Waals surface area contributed by atoms with Gasteiger partial charge in [0.05, 0.1) is 12.6 Å². The number of nitrogens with two attached hydrogens (primary N) is 1. The molecule has 0 saturated carbocycles. The summed E-state index contributed by atoms with van der Waals surface area (Å²) >= 11 is 7.40. The fourth-order valence-corrected chi connectivity index (χ4v) is 5.30. The third-order valence-corrected chi connectivity index (χ3v) is 6.38. The molecule has 0 aliphatic carbocycles. The molecular formula is C16H18BrNOS2. The predicted molar refractivity (Wildman–Crippen MR) is 95.5 cm³/mol. The molecule has 2 nitrogen and oxygen atoms in total. The molecule has 1 aromatic carbocycles. The van der Waals surface area contributed by atoms with E-state index in [9.17, 15) is 0 Å². The van der Waals surface area contributed by atoms with Crippen molar-refractivity contribution in [3.05, 3.63) is 49.6 Å². The summed E-state index contributed by atoms with van der Waals surface area (Å²) in [6.45, 7) is 2.65. The van der Waals surface area contributed by atoms with Crippen LogP contribution in [0.4, 0.5) is 0 Å². The van der Waals surface area contributed by atoms with Crippen LogP contribution in [0.3, 0.4) is 0 Å². The number of ether oxygens (including phenoxy) is 1. The molecule has 2 N–H and O–H groups in total. The fourth-order valence-electron chi connectivity index (χ4n) is 2.53. The highest BCUT2D eigenvalue weighted by atomic mass is 79.9. The van der Waals surface area contributed by atoms with Crippen molar-refractivity contribution >= 4 is 39.0 Å². The number of rotatable bonds is 4. The maximum Gasteiger partial charge on any atom is 0.124 e. The lowest BCUT2D eigenvalue weighted by Gasteiger charge is -2.16. The quantitative estimate of drug-likeness (QED) is 0.827. The van der Waals surface area contributed by atoms with Crippen molar-refractivity contribution < 1.29 is 4.74 Å². The minimum absolute atomic E-state index is 0.121. The lowest BCUT2D eigenvalue weighted by molar-refractivity contribution is 0.335. The van der Waals surface area contributed by atoms with Crippen LogP contribution in [0.25, 0.3) is 0 Å². The number of hydrogen-bond acceptors (Lipinski definition) is 4. The fraction of sp³-hybridized carbons (Fsp3) is 0.375. The summed E-state index contributed by atoms with van der Waals surface area (Å²) in [5, 5.41) is 0. The third-order valence-electron chi connectivity index (χ3n) is 3.56. The number of fused-ring (bicyclic) bond motifs is 1. The van der Waals surface area contributed by atoms with E-state index in [0.29, 0.717) is 6.61 Å². The van der Waals surface area contributed by atoms with E-state index in [-0.39, 0.29) is 6.04 Å². The van der Waals surface area contributed by atoms with Crippen LogP contribution in [0.2, 0.25) is 0 Å². The van der Waals surface area contributed by atoms with Crippen molar-refractivity contribution in [2.45, 2.75) is 25.1 Å². The molecule has 112 valence electrons. The van der Waals surface area contributed by atoms with E-state index in [0.717, 1.165) is 21.5 Å². The Morgan fingerprint density at radius 3 is 3.00 bits per heavy atom. The molecule has 1 unspecified atom stereocenters. The Hall–Kier alpha value is -0.490. The van der Waals surface area contributed by atoms with Crippen LogP contribution >= 0.6 is 39.0 Å². The van der Waals surface area contributed by atoms with Crippen LogP contribution in [0.5, 0.6) is 5.75 Å². The Bertz CT molecular complexity index is 618. The predicted octanol–water partition coefficient (Wildman–Crippen LogP) is 4.75. The second-order valence-electron chi connectivity index (χ2n) is 4.99. The van der Waals surface area contributed by atoms with Crippen LogP contribution in [0.1, 0.15) is 33.8 Å². The van der Waals surface area contributed by atoms with Gasteiger partial charge in [-0.05, 0) is 48.9 Å². The van der Waals surface area contributed by atoms with E-state index in [1.807, 2.05) is 42.2 Å². The Kier molecular flexibility index (Phi) is 4.94. The van der Waals surface area contributed by atoms with E-state index < -0.39 is 0 Å². The second kappa shape index (κ2) is 6.73. The van der Waals surface area contributed by atoms with Gasteiger partial charge in [0.2, 0.25) is 0 Å². The molecule has 0 amide bonds. The van der Waals surface area contributed by atoms with Gasteiger partial charge in [-0.1, -0.05) is 15.9 Å². The monoisotopic (exact) mass is 383 g/mol. The van der Waals surface area contributed by atoms with Gasteiger partial charge >= 0.3 is 0 Å². The standard InChI is InChI=1S/C16H18BrNOS2/c1-2-19-13-4-3-11(17)8-12(13)16(18)15-7-10-9-20-6-5-14(10)21-15/h3-4,7-8,16H,2,5-6,9,18H2,1H3. The first-order chi connectivity index (χ1) is 10.2. The van der Waals surface area contributed by atoms with Crippen LogP contribution in [-0.2, 0) is 12.2 Å². The molecule has 2 aromatic rings. The molecule has 0 saturated heterocycles. The molecular weight excluding hydrogens is 366 g/mol. The molecule has 21 heavy (non-hydrogen) atoms. The number of benzene rings is 1. The summed E-state index contributed by atoms with van der Waals surface area (Å²) in [4.78, 5) is 2.74. The van der Waals surface area contributed by atoms with Gasteiger partial charge in [-0.2, -0.15) is 11.8 Å². The first kappa shape index (κ1) is 15.4. The molecule has 0 fully saturated rings. The van der Waals surface area contributed by atoms with Crippen molar-refractivity contribution in [1.29, 1.82) is 0 Å². The lowest BCUT2D eigenvalue weighted by atomic mass is 10.0. The Balaban J connectivity index is 1.95. The van der Waals surface area contributed by atoms with Crippen molar-refractivity contribution in [3.8, 4) is 5.75 Å². The minimum atomic E-state index is -0.121. The van der Waals surface area contributed by atoms with Crippen molar-refractivity contribution in [1.82, 2.24) is 0 Å². The van der Waals surface area contributed by atoms with E-state index in [1.165, 1.54) is 27.5 Å². The molecule has 3 rings (SSSR count). The number of thioether (sulfide) groups is 1. The minimum Gasteiger partial charge on any atom is -0.494 e. The van der Waals surface area contributed by atoms with Crippen LogP contribution in [0, 0.1) is 0 Å². The third kappa shape index (κ3) is 3.31. The average molecular weight is 384 g/mol. The number of aryl methyl sites for hydroxylation is 1. The first-order valence-electron chi connectivity index (χ1n) is 7.06. The Morgan fingerprint density at radius 2 is 2.24 bits per heavy atom. The molecule has 2 heterocycles. The van der Waals surface area contributed by atoms with Gasteiger partial charge in [-0.15, -0.1) is 11.3 Å². The van der Waals surface area contributed by atoms with Gasteiger partial charge in [0.25, 0.3) is 0 Å². The maximum absolute atomic E-state index is 6.53. The van der Waals surface area contributed by atoms with Crippen LogP contribution < -0.4 is 10.5 Å². The van der Waals surface area contributed by atoms with Crippen molar-refractivity contribution in [2.75, 3.05) is 12.4 Å². The van der Waals surface area contributed by atoms with E-state index in [1.54, 1.807) is 0 Å². The van der Waals surface area contributed by atoms with Gasteiger partial charge in [0, 0.05) is 25.5 Å². The molecule has 0 bridgehead atoms. The zero-order valence-electron chi connectivity index (χ0n) is 11.9. The topological polar surface area (TPSA) is 35.2 Å². The average Bonchev–Trinajstić information content (AvgIpc) is 2.92. The molecule has 1 aromatic heterocycles. The van der Waals surface area contributed by atoms with E-state index in [2.05, 4.69) is 28.1 Å². The Morgan fingerprint density at radius 1 is 1.38 bits per heavy atom. The summed E-state index contributed by atoms with van der Waals surface area (Å²) in [6, 6.07) is 8.23. The SMILES string of the molecule is CCOc1ccc(Br)cc1C(N)c1cc2c(s1)CCSC2. The molecule has 1 atom stereocenters. The van der Waals surface area contributed by atoms with Gasteiger partial charge in [-0.3, -0.25) is 0 Å². The van der Waals surface area contributed by atoms with Gasteiger partial charge in [0.15, 0.2) is 0 Å². The summed E-state index contributed by atoms with van der Waals surface area (Å²) in [7, 11) is 0. The van der Waals surface area contributed by atoms with E-state index >= 15 is 0 Å². The van der Waals surface area contributed by atoms with Gasteiger partial charge in [0.1, 0.15) is 5.75 Å². The van der Waals surface area contributed by atoms with Crippen molar-refractivity contribution in [2.24, 2.45) is 5.73 Å². The summed E-state index contributed by atoms with van der Waals surface area (Å²) < 4.78 is 6.77. The summed E-state index contributed by atoms with van der Waals surface area (Å²) in [6.07, 6.45) is 1.17. The zero-order chi connectivity index (χ0) is 14.8. The van der Waals surface area contributed by atoms with Crippen LogP contribution in [0.15, 0.2) is 28.7 Å². The smallest absolute Gasteiger partial charge is 0.124 e. The number of hydrogen-bond donors (Lipinski definition) is 1. The highest BCUT2D eigenvalue weighted by Crippen LogP contribution is 2.38. The largest absolute Gasteiger partial charge is 0.494 e. The summed E-state index contributed by atoms with van der Waals surface area (Å²) in [5.74, 6) is 3.23. The number of halogens is 1. The lowest BCUT2D eigenvalue weighted by Crippen LogP contribution is -2.12. The number of thiophene rings is 1. The highest BCUT2D eigenvalue weighted by Gasteiger charge is 2.20. The normalized spacial score (nSPS) is 15.6. The van der Waals surface area contributed by atoms with E-state index in [4.69, 9.17) is 10.5 Å². The molecule has 0 radical (unpaired) electrons. The highest BCUT2D eigenvalue weighted by molar-refractivity contribution is 9.10. The maximum atomic E-state index is 6.53. The van der Waals surface area contributed by atoms with Crippen LogP contribution in [-0.4, -0.2) is 12.4 Å². The van der Waals surface area contributed by atoms with Gasteiger partial charge in [-0.25, -0.2) is 0 Å². The first-order valence-corrected chi connectivity index (χ1v) is 9.82. The van der Waals surface area contributed by atoms with Crippen molar-refractivity contribution in [3.63, 3.8) is 0 Å². The van der Waals surface area contributed by atoms with Gasteiger partial charge < -0.3 is 10.5 Å². The molecule has 1 aliphatic rings. The Labute approximate surface area is 142 Å². The zero-order valence-corrected chi connectivity index (χ0v) is 15.1. The molecule has 0 spiro atoms. The molecule has 1 aliphatic heterocycles. The molecule has 5 heteroatoms. The summed E-state index contributed by atoms with van der Waals surface area (Å²) in [5.41, 5.74) is 9.05.